The van der Waals surface area contributed by atoms with E-state index in [1.165, 1.54) is 19.2 Å². The molecule has 13 heteroatoms. The summed E-state index contributed by atoms with van der Waals surface area (Å²) in [5, 5.41) is 10.9. The lowest BCUT2D eigenvalue weighted by atomic mass is 9.97. The molecular weight excluding hydrogens is 486 g/mol. The minimum absolute atomic E-state index is 0.0115. The van der Waals surface area contributed by atoms with E-state index in [1.807, 2.05) is 6.07 Å². The van der Waals surface area contributed by atoms with Gasteiger partial charge in [0, 0.05) is 24.8 Å². The molecule has 12 nitrogen and oxygen atoms in total. The lowest BCUT2D eigenvalue weighted by molar-refractivity contribution is -0.384. The molecule has 4 rings (SSSR count). The summed E-state index contributed by atoms with van der Waals surface area (Å²) in [6.45, 7) is 0.0429. The third-order valence-corrected chi connectivity index (χ3v) is 6.00. The van der Waals surface area contributed by atoms with Gasteiger partial charge in [0.2, 0.25) is 0 Å². The number of hydrogen-bond acceptors (Lipinski definition) is 11. The minimum Gasteiger partial charge on any atom is -0.453 e. The summed E-state index contributed by atoms with van der Waals surface area (Å²) in [4.78, 5) is 23.3. The van der Waals surface area contributed by atoms with Crippen LogP contribution in [0.4, 0.5) is 5.69 Å². The van der Waals surface area contributed by atoms with E-state index in [1.54, 1.807) is 24.3 Å². The lowest BCUT2D eigenvalue weighted by Gasteiger charge is -2.47. The van der Waals surface area contributed by atoms with Crippen molar-refractivity contribution < 1.29 is 46.0 Å². The van der Waals surface area contributed by atoms with Crippen LogP contribution in [0, 0.1) is 10.1 Å². The topological polar surface area (TPSA) is 150 Å². The van der Waals surface area contributed by atoms with Crippen LogP contribution < -0.4 is 0 Å². The fraction of sp³-hybridized carbons (Fsp3) is 0.409. The highest BCUT2D eigenvalue weighted by Gasteiger charge is 2.54. The molecule has 0 saturated carbocycles. The average Bonchev–Trinajstić information content (AvgIpc) is 2.84. The van der Waals surface area contributed by atoms with Gasteiger partial charge in [0.15, 0.2) is 24.8 Å². The molecule has 6 atom stereocenters. The van der Waals surface area contributed by atoms with Crippen molar-refractivity contribution in [3.8, 4) is 0 Å². The first kappa shape index (κ1) is 25.2. The second-order valence-electron chi connectivity index (χ2n) is 7.89. The van der Waals surface area contributed by atoms with Crippen LogP contribution >= 0.6 is 0 Å². The second kappa shape index (κ2) is 10.4. The van der Waals surface area contributed by atoms with Crippen molar-refractivity contribution in [3.05, 3.63) is 75.8 Å². The number of nitrogens with zero attached hydrogens (tertiary/aromatic N) is 1. The van der Waals surface area contributed by atoms with Gasteiger partial charge in [-0.2, -0.15) is 8.42 Å². The number of rotatable bonds is 7. The Morgan fingerprint density at radius 2 is 1.74 bits per heavy atom. The van der Waals surface area contributed by atoms with E-state index in [9.17, 15) is 23.3 Å². The number of non-ortho nitro benzene ring substituents is 1. The highest BCUT2D eigenvalue weighted by molar-refractivity contribution is 7.86. The molecule has 2 fully saturated rings. The number of methoxy groups -OCH3 is 1. The van der Waals surface area contributed by atoms with E-state index >= 15 is 0 Å². The molecule has 0 unspecified atom stereocenters. The summed E-state index contributed by atoms with van der Waals surface area (Å²) in [5.41, 5.74) is 0.502. The number of carbonyl (C=O) groups is 1. The fourth-order valence-electron chi connectivity index (χ4n) is 3.87. The lowest BCUT2D eigenvalue weighted by Crippen LogP contribution is -2.64. The number of esters is 1. The smallest absolute Gasteiger partial charge is 0.338 e. The maximum Gasteiger partial charge on any atom is 0.338 e. The van der Waals surface area contributed by atoms with Crippen molar-refractivity contribution in [3.63, 3.8) is 0 Å². The van der Waals surface area contributed by atoms with Crippen molar-refractivity contribution in [2.75, 3.05) is 20.0 Å². The van der Waals surface area contributed by atoms with E-state index in [2.05, 4.69) is 0 Å². The fourth-order valence-corrected chi connectivity index (χ4v) is 4.47. The molecule has 0 spiro atoms. The highest BCUT2D eigenvalue weighted by atomic mass is 32.2. The van der Waals surface area contributed by atoms with Crippen LogP contribution in [0.2, 0.25) is 0 Å². The zero-order valence-corrected chi connectivity index (χ0v) is 19.5. The van der Waals surface area contributed by atoms with Gasteiger partial charge in [-0.1, -0.05) is 30.3 Å². The first-order chi connectivity index (χ1) is 16.7. The van der Waals surface area contributed by atoms with Crippen molar-refractivity contribution in [1.82, 2.24) is 0 Å². The van der Waals surface area contributed by atoms with E-state index < -0.39 is 58.0 Å². The Hall–Kier alpha value is -2.94. The third-order valence-electron chi connectivity index (χ3n) is 5.43. The van der Waals surface area contributed by atoms with Crippen molar-refractivity contribution in [1.29, 1.82) is 0 Å². The van der Waals surface area contributed by atoms with Gasteiger partial charge >= 0.3 is 5.97 Å². The van der Waals surface area contributed by atoms with Gasteiger partial charge in [-0.3, -0.25) is 14.3 Å². The first-order valence-corrected chi connectivity index (χ1v) is 12.3. The molecular formula is C22H23NO11S. The van der Waals surface area contributed by atoms with Crippen molar-refractivity contribution >= 4 is 21.8 Å². The van der Waals surface area contributed by atoms with Gasteiger partial charge < -0.3 is 23.7 Å². The van der Waals surface area contributed by atoms with Crippen molar-refractivity contribution in [2.45, 2.75) is 37.0 Å². The molecule has 2 saturated heterocycles. The van der Waals surface area contributed by atoms with Crippen molar-refractivity contribution in [2.24, 2.45) is 0 Å². The summed E-state index contributed by atoms with van der Waals surface area (Å²) < 4.78 is 57.8. The zero-order chi connectivity index (χ0) is 25.2. The molecule has 2 aromatic carbocycles. The molecule has 0 aromatic heterocycles. The average molecular weight is 509 g/mol. The Bertz CT molecular complexity index is 1160. The summed E-state index contributed by atoms with van der Waals surface area (Å²) in [6, 6.07) is 13.8. The third kappa shape index (κ3) is 5.83. The SMILES string of the molecule is CO[C@@H]1O[C@H]2CO[C@@H](c3ccccc3)O[C@H]2[C@H](OC(=O)c2ccc([N+](=O)[O-])cc2)[C@H]1OS(C)(=O)=O. The molecule has 0 N–H and O–H groups in total. The summed E-state index contributed by atoms with van der Waals surface area (Å²) >= 11 is 0. The Labute approximate surface area is 200 Å². The number of nitro groups is 1. The standard InChI is InChI=1S/C22H23NO11S/c1-29-22-19(34-35(2,27)28)18(32-20(24)13-8-10-15(11-9-13)23(25)26)17-16(31-22)12-30-21(33-17)14-6-4-3-5-7-14/h3-11,16-19,21-22H,12H2,1-2H3/t16-,17+,18-,19+,21+,22+/m0/s1. The molecule has 0 bridgehead atoms. The van der Waals surface area contributed by atoms with Gasteiger partial charge in [0.05, 0.1) is 23.3 Å². The summed E-state index contributed by atoms with van der Waals surface area (Å²) in [5.74, 6) is -0.867. The quantitative estimate of drug-likeness (QED) is 0.233. The molecule has 0 aliphatic carbocycles. The predicted octanol–water partition coefficient (Wildman–Crippen LogP) is 1.95. The van der Waals surface area contributed by atoms with Gasteiger partial charge in [0.25, 0.3) is 15.8 Å². The van der Waals surface area contributed by atoms with E-state index in [4.69, 9.17) is 27.9 Å². The molecule has 0 radical (unpaired) electrons. The second-order valence-corrected chi connectivity index (χ2v) is 9.49. The van der Waals surface area contributed by atoms with Gasteiger partial charge in [-0.05, 0) is 12.1 Å². The van der Waals surface area contributed by atoms with Crippen LogP contribution in [0.15, 0.2) is 54.6 Å². The van der Waals surface area contributed by atoms with Crippen LogP contribution in [-0.2, 0) is 38.0 Å². The summed E-state index contributed by atoms with van der Waals surface area (Å²) in [6.07, 6.45) is -5.64. The van der Waals surface area contributed by atoms with E-state index in [-0.39, 0.29) is 17.9 Å². The highest BCUT2D eigenvalue weighted by Crippen LogP contribution is 2.37. The molecule has 2 heterocycles. The number of ether oxygens (including phenoxy) is 5. The normalized spacial score (nSPS) is 28.6. The van der Waals surface area contributed by atoms with Crippen LogP contribution in [0.5, 0.6) is 0 Å². The Morgan fingerprint density at radius 1 is 1.06 bits per heavy atom. The Kier molecular flexibility index (Phi) is 7.44. The Balaban J connectivity index is 1.64. The number of nitro benzene ring substituents is 1. The number of fused-ring (bicyclic) bond motifs is 1. The molecule has 2 aliphatic rings. The van der Waals surface area contributed by atoms with Crippen LogP contribution in [0.1, 0.15) is 22.2 Å². The predicted molar refractivity (Wildman–Crippen MR) is 118 cm³/mol. The molecule has 2 aliphatic heterocycles. The monoisotopic (exact) mass is 509 g/mol. The van der Waals surface area contributed by atoms with E-state index in [0.717, 1.165) is 18.4 Å². The summed E-state index contributed by atoms with van der Waals surface area (Å²) in [7, 11) is -2.74. The number of carbonyl (C=O) groups excluding carboxylic acids is 1. The van der Waals surface area contributed by atoms with Crippen LogP contribution in [0.3, 0.4) is 0 Å². The van der Waals surface area contributed by atoms with Gasteiger partial charge in [-0.25, -0.2) is 4.79 Å². The maximum absolute atomic E-state index is 13.0. The first-order valence-electron chi connectivity index (χ1n) is 10.5. The van der Waals surface area contributed by atoms with E-state index in [0.29, 0.717) is 5.56 Å². The van der Waals surface area contributed by atoms with Gasteiger partial charge in [-0.15, -0.1) is 0 Å². The number of benzene rings is 2. The maximum atomic E-state index is 13.0. The molecule has 35 heavy (non-hydrogen) atoms. The largest absolute Gasteiger partial charge is 0.453 e. The Morgan fingerprint density at radius 3 is 2.34 bits per heavy atom. The molecule has 188 valence electrons. The zero-order valence-electron chi connectivity index (χ0n) is 18.7. The van der Waals surface area contributed by atoms with Crippen LogP contribution in [0.25, 0.3) is 0 Å². The number of hydrogen-bond donors (Lipinski definition) is 0. The van der Waals surface area contributed by atoms with Crippen LogP contribution in [-0.4, -0.2) is 70.0 Å². The minimum atomic E-state index is -4.03. The van der Waals surface area contributed by atoms with Gasteiger partial charge in [0.1, 0.15) is 12.2 Å². The molecule has 2 aromatic rings. The molecule has 0 amide bonds.